The molecule has 0 fully saturated rings. The number of hydrogen-bond donors (Lipinski definition) is 3. The first kappa shape index (κ1) is 14.1. The Balaban J connectivity index is 1.82. The fourth-order valence-electron chi connectivity index (χ4n) is 2.35. The van der Waals surface area contributed by atoms with Gasteiger partial charge in [-0.1, -0.05) is 15.9 Å². The van der Waals surface area contributed by atoms with E-state index in [1.807, 2.05) is 6.92 Å². The van der Waals surface area contributed by atoms with Crippen molar-refractivity contribution < 1.29 is 4.74 Å². The normalized spacial score (nSPS) is 12.7. The van der Waals surface area contributed by atoms with Gasteiger partial charge in [0.15, 0.2) is 0 Å². The minimum absolute atomic E-state index is 0.388. The number of halogens is 1. The molecule has 1 aromatic carbocycles. The van der Waals surface area contributed by atoms with E-state index in [-0.39, 0.29) is 0 Å². The molecule has 21 heavy (non-hydrogen) atoms. The van der Waals surface area contributed by atoms with E-state index in [0.29, 0.717) is 12.5 Å². The number of benzene rings is 1. The second-order valence-electron chi connectivity index (χ2n) is 4.87. The predicted molar refractivity (Wildman–Crippen MR) is 85.2 cm³/mol. The Morgan fingerprint density at radius 1 is 1.43 bits per heavy atom. The summed E-state index contributed by atoms with van der Waals surface area (Å²) in [5, 5.41) is 3.31. The van der Waals surface area contributed by atoms with Crippen molar-refractivity contribution in [1.29, 1.82) is 0 Å². The third-order valence-electron chi connectivity index (χ3n) is 3.37. The first-order chi connectivity index (χ1) is 10.2. The zero-order chi connectivity index (χ0) is 14.8. The topological polar surface area (TPSA) is 85.1 Å². The minimum Gasteiger partial charge on any atom is -0.493 e. The van der Waals surface area contributed by atoms with Crippen LogP contribution in [0.2, 0.25) is 0 Å². The second kappa shape index (κ2) is 5.87. The van der Waals surface area contributed by atoms with E-state index < -0.39 is 0 Å². The van der Waals surface area contributed by atoms with Crippen LogP contribution >= 0.6 is 15.9 Å². The first-order valence-corrected chi connectivity index (χ1v) is 7.45. The fraction of sp³-hybridized carbons (Fsp3) is 0.286. The third kappa shape index (κ3) is 2.93. The predicted octanol–water partition coefficient (Wildman–Crippen LogP) is 2.38. The molecule has 0 spiro atoms. The van der Waals surface area contributed by atoms with Crippen LogP contribution in [0.3, 0.4) is 0 Å². The van der Waals surface area contributed by atoms with Gasteiger partial charge >= 0.3 is 0 Å². The highest BCUT2D eigenvalue weighted by atomic mass is 79.9. The van der Waals surface area contributed by atoms with Gasteiger partial charge in [0.1, 0.15) is 11.6 Å². The Morgan fingerprint density at radius 2 is 2.29 bits per heavy atom. The van der Waals surface area contributed by atoms with Crippen LogP contribution in [0.15, 0.2) is 22.8 Å². The molecule has 1 aliphatic heterocycles. The number of nitrogens with one attached hydrogen (secondary N) is 2. The van der Waals surface area contributed by atoms with Crippen LogP contribution in [0.5, 0.6) is 5.75 Å². The lowest BCUT2D eigenvalue weighted by Gasteiger charge is -2.12. The monoisotopic (exact) mass is 349 g/mol. The lowest BCUT2D eigenvalue weighted by atomic mass is 10.1. The molecule has 4 N–H and O–H groups in total. The molecule has 0 saturated carbocycles. The van der Waals surface area contributed by atoms with Crippen molar-refractivity contribution >= 4 is 27.7 Å². The average Bonchev–Trinajstić information content (AvgIpc) is 2.94. The number of nitrogen functional groups attached to an aromatic ring is 1. The van der Waals surface area contributed by atoms with Crippen LogP contribution in [-0.2, 0) is 13.0 Å². The van der Waals surface area contributed by atoms with Crippen LogP contribution in [0.4, 0.5) is 11.8 Å². The number of nitrogens with zero attached hydrogens (tertiary/aromatic N) is 2. The number of rotatable bonds is 4. The molecule has 2 aromatic rings. The number of ether oxygens (including phenoxy) is 1. The molecule has 0 amide bonds. The van der Waals surface area contributed by atoms with Gasteiger partial charge in [0.05, 0.1) is 6.61 Å². The highest BCUT2D eigenvalue weighted by Gasteiger charge is 2.17. The molecule has 0 aliphatic carbocycles. The number of hydrogen-bond acceptors (Lipinski definition) is 6. The summed E-state index contributed by atoms with van der Waals surface area (Å²) in [5.41, 5.74) is 5.76. The van der Waals surface area contributed by atoms with E-state index in [1.54, 1.807) is 6.20 Å². The van der Waals surface area contributed by atoms with Crippen molar-refractivity contribution in [2.45, 2.75) is 19.9 Å². The van der Waals surface area contributed by atoms with Gasteiger partial charge in [0.25, 0.3) is 0 Å². The van der Waals surface area contributed by atoms with Crippen molar-refractivity contribution in [2.24, 2.45) is 5.84 Å². The summed E-state index contributed by atoms with van der Waals surface area (Å²) < 4.78 is 6.78. The van der Waals surface area contributed by atoms with Gasteiger partial charge in [-0.3, -0.25) is 5.43 Å². The maximum atomic E-state index is 5.72. The lowest BCUT2D eigenvalue weighted by Crippen LogP contribution is -2.12. The summed E-state index contributed by atoms with van der Waals surface area (Å²) in [5.74, 6) is 7.46. The Kier molecular flexibility index (Phi) is 3.94. The zero-order valence-corrected chi connectivity index (χ0v) is 13.2. The van der Waals surface area contributed by atoms with E-state index in [1.165, 1.54) is 5.56 Å². The molecule has 1 aromatic heterocycles. The quantitative estimate of drug-likeness (QED) is 0.580. The van der Waals surface area contributed by atoms with Crippen LogP contribution in [0.25, 0.3) is 0 Å². The number of fused-ring (bicyclic) bond motifs is 1. The lowest BCUT2D eigenvalue weighted by molar-refractivity contribution is 0.354. The molecule has 0 bridgehead atoms. The Hall–Kier alpha value is -1.86. The Morgan fingerprint density at radius 3 is 3.10 bits per heavy atom. The molecule has 7 heteroatoms. The van der Waals surface area contributed by atoms with Crippen LogP contribution in [-0.4, -0.2) is 16.6 Å². The van der Waals surface area contributed by atoms with Gasteiger partial charge < -0.3 is 10.1 Å². The highest BCUT2D eigenvalue weighted by molar-refractivity contribution is 9.10. The second-order valence-corrected chi connectivity index (χ2v) is 5.79. The highest BCUT2D eigenvalue weighted by Crippen LogP contribution is 2.33. The number of anilines is 2. The SMILES string of the molecule is Cc1cnc(NN)nc1NCc1cc(Br)cc2c1OCC2. The maximum absolute atomic E-state index is 5.72. The van der Waals surface area contributed by atoms with Crippen molar-refractivity contribution in [3.8, 4) is 5.75 Å². The smallest absolute Gasteiger partial charge is 0.239 e. The number of nitrogens with two attached hydrogens (primary N) is 1. The van der Waals surface area contributed by atoms with Crippen molar-refractivity contribution in [3.05, 3.63) is 39.5 Å². The fourth-order valence-corrected chi connectivity index (χ4v) is 2.90. The first-order valence-electron chi connectivity index (χ1n) is 6.65. The number of aryl methyl sites for hydroxylation is 1. The van der Waals surface area contributed by atoms with Gasteiger partial charge in [-0.05, 0) is 24.6 Å². The van der Waals surface area contributed by atoms with E-state index in [0.717, 1.165) is 40.2 Å². The molecular formula is C14H16BrN5O. The molecular weight excluding hydrogens is 334 g/mol. The molecule has 0 saturated heterocycles. The molecule has 110 valence electrons. The maximum Gasteiger partial charge on any atom is 0.239 e. The van der Waals surface area contributed by atoms with Gasteiger partial charge in [0, 0.05) is 34.8 Å². The summed E-state index contributed by atoms with van der Waals surface area (Å²) in [6.07, 6.45) is 2.68. The van der Waals surface area contributed by atoms with Crippen LogP contribution in [0, 0.1) is 6.92 Å². The van der Waals surface area contributed by atoms with E-state index >= 15 is 0 Å². The summed E-state index contributed by atoms with van der Waals surface area (Å²) in [7, 11) is 0. The van der Waals surface area contributed by atoms with E-state index in [9.17, 15) is 0 Å². The largest absolute Gasteiger partial charge is 0.493 e. The summed E-state index contributed by atoms with van der Waals surface area (Å²) in [6.45, 7) is 3.32. The van der Waals surface area contributed by atoms with Crippen LogP contribution in [0.1, 0.15) is 16.7 Å². The average molecular weight is 350 g/mol. The minimum atomic E-state index is 0.388. The van der Waals surface area contributed by atoms with Crippen LogP contribution < -0.4 is 21.3 Å². The van der Waals surface area contributed by atoms with Gasteiger partial charge in [0.2, 0.25) is 5.95 Å². The number of hydrazine groups is 1. The number of aromatic nitrogens is 2. The molecule has 1 aliphatic rings. The molecule has 0 atom stereocenters. The van der Waals surface area contributed by atoms with Gasteiger partial charge in [-0.25, -0.2) is 10.8 Å². The third-order valence-corrected chi connectivity index (χ3v) is 3.83. The van der Waals surface area contributed by atoms with Crippen molar-refractivity contribution in [3.63, 3.8) is 0 Å². The zero-order valence-electron chi connectivity index (χ0n) is 11.6. The summed E-state index contributed by atoms with van der Waals surface area (Å²) in [6, 6.07) is 4.17. The van der Waals surface area contributed by atoms with E-state index in [4.69, 9.17) is 10.6 Å². The van der Waals surface area contributed by atoms with Gasteiger partial charge in [-0.2, -0.15) is 4.98 Å². The van der Waals surface area contributed by atoms with Crippen molar-refractivity contribution in [1.82, 2.24) is 9.97 Å². The van der Waals surface area contributed by atoms with Gasteiger partial charge in [-0.15, -0.1) is 0 Å². The Bertz CT molecular complexity index is 677. The Labute approximate surface area is 131 Å². The summed E-state index contributed by atoms with van der Waals surface area (Å²) >= 11 is 3.54. The van der Waals surface area contributed by atoms with E-state index in [2.05, 4.69) is 48.8 Å². The standard InChI is InChI=1S/C14H16BrN5O/c1-8-6-18-14(20-16)19-13(8)17-7-10-5-11(15)4-9-2-3-21-12(9)10/h4-6H,2-3,7,16H2,1H3,(H2,17,18,19,20). The molecule has 2 heterocycles. The molecule has 0 unspecified atom stereocenters. The van der Waals surface area contributed by atoms with Crippen molar-refractivity contribution in [2.75, 3.05) is 17.3 Å². The summed E-state index contributed by atoms with van der Waals surface area (Å²) in [4.78, 5) is 8.38. The molecule has 6 nitrogen and oxygen atoms in total. The molecule has 3 rings (SSSR count). The molecule has 0 radical (unpaired) electrons.